The van der Waals surface area contributed by atoms with Gasteiger partial charge in [0.2, 0.25) is 0 Å². The van der Waals surface area contributed by atoms with Crippen molar-refractivity contribution in [1.82, 2.24) is 9.99 Å². The van der Waals surface area contributed by atoms with Crippen LogP contribution >= 0.6 is 22.6 Å². The molecule has 0 spiro atoms. The summed E-state index contributed by atoms with van der Waals surface area (Å²) >= 11 is 1.90. The molecule has 0 unspecified atom stereocenters. The Morgan fingerprint density at radius 3 is 2.46 bits per heavy atom. The predicted molar refractivity (Wildman–Crippen MR) is 152 cm³/mol. The van der Waals surface area contributed by atoms with Crippen LogP contribution in [-0.4, -0.2) is 36.6 Å². The van der Waals surface area contributed by atoms with Crippen LogP contribution in [0.25, 0.3) is 5.69 Å². The van der Waals surface area contributed by atoms with E-state index < -0.39 is 20.9 Å². The second-order valence-corrected chi connectivity index (χ2v) is 10.6. The van der Waals surface area contributed by atoms with Crippen molar-refractivity contribution >= 4 is 50.5 Å². The fourth-order valence-corrected chi connectivity index (χ4v) is 5.35. The number of hydrogen-bond acceptors (Lipinski definition) is 8. The molecule has 0 atom stereocenters. The van der Waals surface area contributed by atoms with Gasteiger partial charge in [-0.1, -0.05) is 12.1 Å². The summed E-state index contributed by atoms with van der Waals surface area (Å²) in [5, 5.41) is 14.9. The van der Waals surface area contributed by atoms with Gasteiger partial charge in [-0.15, -0.1) is 0 Å². The van der Waals surface area contributed by atoms with Gasteiger partial charge in [0.25, 0.3) is 11.6 Å². The molecule has 1 amide bonds. The van der Waals surface area contributed by atoms with Crippen LogP contribution in [0.3, 0.4) is 0 Å². The topological polar surface area (TPSA) is 142 Å². The van der Waals surface area contributed by atoms with E-state index in [4.69, 9.17) is 8.92 Å². The molecule has 0 fully saturated rings. The van der Waals surface area contributed by atoms with Crippen molar-refractivity contribution in [2.24, 2.45) is 5.10 Å². The number of halogens is 1. The molecule has 4 aromatic rings. The molecule has 13 heteroatoms. The minimum absolute atomic E-state index is 0.0439. The lowest BCUT2D eigenvalue weighted by molar-refractivity contribution is -0.384. The van der Waals surface area contributed by atoms with Crippen molar-refractivity contribution in [3.8, 4) is 17.2 Å². The number of hydrazone groups is 1. The zero-order valence-electron chi connectivity index (χ0n) is 20.4. The normalized spacial score (nSPS) is 11.3. The Bertz CT molecular complexity index is 1640. The van der Waals surface area contributed by atoms with E-state index in [2.05, 4.69) is 10.5 Å². The maximum absolute atomic E-state index is 12.8. The van der Waals surface area contributed by atoms with Crippen LogP contribution in [0, 0.1) is 13.7 Å². The molecular formula is C26H21IN4O7S. The Morgan fingerprint density at radius 2 is 1.79 bits per heavy atom. The number of non-ortho nitro benzene ring substituents is 1. The van der Waals surface area contributed by atoms with Gasteiger partial charge in [-0.25, -0.2) is 5.43 Å². The van der Waals surface area contributed by atoms with Crippen LogP contribution in [0.1, 0.15) is 22.8 Å². The standard InChI is InChI=1S/C26H21IN4O7S/c1-2-37-24-16-18(17-28-29-26(32)21-7-3-4-8-23(21)30-13-5-6-14-30)15-22(27)25(24)38-39(35,36)20-11-9-19(10-12-20)31(33)34/h3-17H,2H2,1H3,(H,29,32)/b28-17-. The van der Waals surface area contributed by atoms with Crippen LogP contribution in [0.2, 0.25) is 0 Å². The summed E-state index contributed by atoms with van der Waals surface area (Å²) in [7, 11) is -4.31. The lowest BCUT2D eigenvalue weighted by atomic mass is 10.1. The molecule has 0 radical (unpaired) electrons. The fourth-order valence-electron chi connectivity index (χ4n) is 3.51. The smallest absolute Gasteiger partial charge is 0.339 e. The SMILES string of the molecule is CCOc1cc(/C=N\NC(=O)c2ccccc2-n2cccc2)cc(I)c1OS(=O)(=O)c1ccc([N+](=O)[O-])cc1. The minimum Gasteiger partial charge on any atom is -0.490 e. The van der Waals surface area contributed by atoms with Crippen molar-refractivity contribution in [3.05, 3.63) is 110 Å². The summed E-state index contributed by atoms with van der Waals surface area (Å²) < 4.78 is 38.9. The van der Waals surface area contributed by atoms with Gasteiger partial charge in [0, 0.05) is 24.5 Å². The van der Waals surface area contributed by atoms with Gasteiger partial charge in [0.1, 0.15) is 4.90 Å². The number of hydrogen-bond donors (Lipinski definition) is 1. The molecule has 0 aliphatic heterocycles. The highest BCUT2D eigenvalue weighted by Gasteiger charge is 2.23. The molecule has 39 heavy (non-hydrogen) atoms. The highest BCUT2D eigenvalue weighted by Crippen LogP contribution is 2.36. The molecule has 0 saturated carbocycles. The fraction of sp³-hybridized carbons (Fsp3) is 0.0769. The Hall–Kier alpha value is -4.24. The average Bonchev–Trinajstić information content (AvgIpc) is 3.46. The first kappa shape index (κ1) is 27.8. The number of carbonyl (C=O) groups is 1. The second kappa shape index (κ2) is 12.1. The van der Waals surface area contributed by atoms with Crippen molar-refractivity contribution in [2.45, 2.75) is 11.8 Å². The number of ether oxygens (including phenoxy) is 1. The van der Waals surface area contributed by atoms with E-state index in [1.54, 1.807) is 25.1 Å². The van der Waals surface area contributed by atoms with E-state index in [9.17, 15) is 23.3 Å². The van der Waals surface area contributed by atoms with E-state index >= 15 is 0 Å². The molecule has 0 bridgehead atoms. The van der Waals surface area contributed by atoms with E-state index in [1.165, 1.54) is 12.3 Å². The van der Waals surface area contributed by atoms with Crippen LogP contribution in [0.5, 0.6) is 11.5 Å². The molecular weight excluding hydrogens is 639 g/mol. The predicted octanol–water partition coefficient (Wildman–Crippen LogP) is 4.92. The van der Waals surface area contributed by atoms with E-state index in [1.807, 2.05) is 63.8 Å². The van der Waals surface area contributed by atoms with Gasteiger partial charge in [0.15, 0.2) is 11.5 Å². The number of nitro groups is 1. The quantitative estimate of drug-likeness (QED) is 0.0837. The summed E-state index contributed by atoms with van der Waals surface area (Å²) in [6.45, 7) is 1.95. The van der Waals surface area contributed by atoms with Crippen LogP contribution in [-0.2, 0) is 10.1 Å². The highest BCUT2D eigenvalue weighted by molar-refractivity contribution is 14.1. The molecule has 1 heterocycles. The number of para-hydroxylation sites is 1. The maximum Gasteiger partial charge on any atom is 0.339 e. The van der Waals surface area contributed by atoms with Crippen molar-refractivity contribution in [3.63, 3.8) is 0 Å². The van der Waals surface area contributed by atoms with E-state index in [-0.39, 0.29) is 28.7 Å². The number of carbonyl (C=O) groups excluding carboxylic acids is 1. The van der Waals surface area contributed by atoms with Crippen LogP contribution in [0.15, 0.2) is 95.2 Å². The molecule has 200 valence electrons. The summed E-state index contributed by atoms with van der Waals surface area (Å²) in [4.78, 5) is 22.8. The minimum atomic E-state index is -4.31. The lowest BCUT2D eigenvalue weighted by Gasteiger charge is -2.14. The molecule has 3 aromatic carbocycles. The second-order valence-electron chi connectivity index (χ2n) is 7.86. The molecule has 0 aliphatic carbocycles. The first-order chi connectivity index (χ1) is 18.7. The molecule has 4 rings (SSSR count). The van der Waals surface area contributed by atoms with Crippen molar-refractivity contribution in [2.75, 3.05) is 6.61 Å². The van der Waals surface area contributed by atoms with Gasteiger partial charge in [0.05, 0.1) is 32.6 Å². The zero-order valence-corrected chi connectivity index (χ0v) is 23.3. The third kappa shape index (κ3) is 6.61. The number of rotatable bonds is 10. The Labute approximate surface area is 237 Å². The summed E-state index contributed by atoms with van der Waals surface area (Å²) in [5.41, 5.74) is 3.89. The number of benzene rings is 3. The first-order valence-corrected chi connectivity index (χ1v) is 13.9. The first-order valence-electron chi connectivity index (χ1n) is 11.4. The van der Waals surface area contributed by atoms with Crippen LogP contribution in [0.4, 0.5) is 5.69 Å². The van der Waals surface area contributed by atoms with Gasteiger partial charge in [-0.05, 0) is 83.6 Å². The van der Waals surface area contributed by atoms with E-state index in [0.29, 0.717) is 20.4 Å². The number of nitrogens with one attached hydrogen (secondary N) is 1. The largest absolute Gasteiger partial charge is 0.490 e. The van der Waals surface area contributed by atoms with Gasteiger partial charge >= 0.3 is 10.1 Å². The lowest BCUT2D eigenvalue weighted by Crippen LogP contribution is -2.19. The monoisotopic (exact) mass is 660 g/mol. The molecule has 1 aromatic heterocycles. The number of amides is 1. The van der Waals surface area contributed by atoms with Gasteiger partial charge < -0.3 is 13.5 Å². The Kier molecular flexibility index (Phi) is 8.61. The van der Waals surface area contributed by atoms with Crippen LogP contribution < -0.4 is 14.3 Å². The molecule has 11 nitrogen and oxygen atoms in total. The number of nitrogens with zero attached hydrogens (tertiary/aromatic N) is 3. The zero-order chi connectivity index (χ0) is 28.0. The molecule has 1 N–H and O–H groups in total. The third-order valence-electron chi connectivity index (χ3n) is 5.27. The third-order valence-corrected chi connectivity index (χ3v) is 7.31. The summed E-state index contributed by atoms with van der Waals surface area (Å²) in [5.74, 6) is -0.317. The maximum atomic E-state index is 12.8. The van der Waals surface area contributed by atoms with Crippen molar-refractivity contribution in [1.29, 1.82) is 0 Å². The Morgan fingerprint density at radius 1 is 1.10 bits per heavy atom. The number of nitro benzene ring substituents is 1. The average molecular weight is 660 g/mol. The Balaban J connectivity index is 1.54. The highest BCUT2D eigenvalue weighted by atomic mass is 127. The van der Waals surface area contributed by atoms with Gasteiger partial charge in [-0.2, -0.15) is 13.5 Å². The number of aromatic nitrogens is 1. The van der Waals surface area contributed by atoms with Gasteiger partial charge in [-0.3, -0.25) is 14.9 Å². The summed E-state index contributed by atoms with van der Waals surface area (Å²) in [6.07, 6.45) is 5.06. The summed E-state index contributed by atoms with van der Waals surface area (Å²) in [6, 6.07) is 18.3. The van der Waals surface area contributed by atoms with Crippen molar-refractivity contribution < 1.29 is 27.1 Å². The molecule has 0 aliphatic rings. The van der Waals surface area contributed by atoms with E-state index in [0.717, 1.165) is 24.3 Å². The molecule has 0 saturated heterocycles.